The molecule has 4 N–H and O–H groups in total. The third-order valence-corrected chi connectivity index (χ3v) is 2.25. The van der Waals surface area contributed by atoms with Crippen molar-refractivity contribution in [2.75, 3.05) is 6.61 Å². The predicted molar refractivity (Wildman–Crippen MR) is 60.3 cm³/mol. The maximum absolute atomic E-state index is 10.4. The fourth-order valence-corrected chi connectivity index (χ4v) is 1.53. The van der Waals surface area contributed by atoms with Crippen LogP contribution in [0.4, 0.5) is 0 Å². The summed E-state index contributed by atoms with van der Waals surface area (Å²) in [6.45, 7) is 0.402. The molecule has 2 rings (SSSR count). The molecular formula is C11H13N3O2. The van der Waals surface area contributed by atoms with Crippen molar-refractivity contribution >= 4 is 16.8 Å². The Balaban J connectivity index is 1.97. The number of aromatic nitrogens is 1. The highest BCUT2D eigenvalue weighted by Gasteiger charge is 2.02. The van der Waals surface area contributed by atoms with Crippen LogP contribution in [0.15, 0.2) is 30.5 Å². The van der Waals surface area contributed by atoms with Gasteiger partial charge in [-0.15, -0.1) is 0 Å². The summed E-state index contributed by atoms with van der Waals surface area (Å²) in [5.41, 5.74) is 9.78. The van der Waals surface area contributed by atoms with E-state index in [0.717, 1.165) is 16.5 Å². The zero-order valence-electron chi connectivity index (χ0n) is 8.69. The van der Waals surface area contributed by atoms with Crippen LogP contribution in [0.5, 0.6) is 0 Å². The highest BCUT2D eigenvalue weighted by molar-refractivity contribution is 5.82. The Hall–Kier alpha value is -1.85. The lowest BCUT2D eigenvalue weighted by atomic mass is 10.2. The molecule has 1 aromatic heterocycles. The lowest BCUT2D eigenvalue weighted by molar-refractivity contribution is -0.125. The number of hydrogen-bond donors (Lipinski definition) is 3. The number of benzene rings is 1. The number of hydroxylamine groups is 1. The molecular weight excluding hydrogens is 206 g/mol. The number of rotatable bonds is 5. The van der Waals surface area contributed by atoms with E-state index in [0.29, 0.717) is 6.54 Å². The van der Waals surface area contributed by atoms with Crippen LogP contribution in [-0.2, 0) is 16.2 Å². The number of nitrogens with one attached hydrogen (secondary N) is 2. The van der Waals surface area contributed by atoms with Crippen LogP contribution >= 0.6 is 0 Å². The largest absolute Gasteiger partial charge is 0.368 e. The molecule has 0 saturated carbocycles. The Morgan fingerprint density at radius 1 is 1.44 bits per heavy atom. The zero-order valence-corrected chi connectivity index (χ0v) is 8.69. The summed E-state index contributed by atoms with van der Waals surface area (Å²) >= 11 is 0. The van der Waals surface area contributed by atoms with Gasteiger partial charge in [0.25, 0.3) is 0 Å². The van der Waals surface area contributed by atoms with Gasteiger partial charge in [-0.25, -0.2) is 0 Å². The number of amides is 1. The summed E-state index contributed by atoms with van der Waals surface area (Å²) in [7, 11) is 0. The molecule has 1 amide bonds. The number of primary amides is 1. The highest BCUT2D eigenvalue weighted by Crippen LogP contribution is 2.16. The van der Waals surface area contributed by atoms with E-state index in [9.17, 15) is 4.79 Å². The first-order chi connectivity index (χ1) is 7.77. The van der Waals surface area contributed by atoms with Crippen molar-refractivity contribution in [1.29, 1.82) is 0 Å². The number of para-hydroxylation sites is 1. The monoisotopic (exact) mass is 219 g/mol. The molecule has 0 aliphatic heterocycles. The Morgan fingerprint density at radius 3 is 3.06 bits per heavy atom. The lowest BCUT2D eigenvalue weighted by Crippen LogP contribution is -2.24. The number of carbonyl (C=O) groups is 1. The maximum atomic E-state index is 10.4. The van der Waals surface area contributed by atoms with Gasteiger partial charge in [0.15, 0.2) is 0 Å². The van der Waals surface area contributed by atoms with Crippen LogP contribution in [0.1, 0.15) is 5.56 Å². The van der Waals surface area contributed by atoms with Crippen LogP contribution in [0, 0.1) is 0 Å². The Morgan fingerprint density at radius 2 is 2.25 bits per heavy atom. The molecule has 0 aliphatic rings. The van der Waals surface area contributed by atoms with Crippen LogP contribution in [-0.4, -0.2) is 17.5 Å². The minimum atomic E-state index is -0.494. The van der Waals surface area contributed by atoms with Crippen molar-refractivity contribution < 1.29 is 9.63 Å². The molecule has 0 spiro atoms. The summed E-state index contributed by atoms with van der Waals surface area (Å²) in [5.74, 6) is -0.494. The topological polar surface area (TPSA) is 80.1 Å². The lowest BCUT2D eigenvalue weighted by Gasteiger charge is -2.02. The number of nitrogens with two attached hydrogens (primary N) is 1. The number of fused-ring (bicyclic) bond motifs is 1. The molecule has 5 heteroatoms. The Kier molecular flexibility index (Phi) is 3.19. The number of hydrogen-bond acceptors (Lipinski definition) is 3. The molecule has 0 bridgehead atoms. The van der Waals surface area contributed by atoms with E-state index in [-0.39, 0.29) is 6.61 Å². The first kappa shape index (κ1) is 10.7. The fourth-order valence-electron chi connectivity index (χ4n) is 1.53. The van der Waals surface area contributed by atoms with Gasteiger partial charge >= 0.3 is 0 Å². The molecule has 16 heavy (non-hydrogen) atoms. The molecule has 0 aliphatic carbocycles. The molecule has 5 nitrogen and oxygen atoms in total. The third-order valence-electron chi connectivity index (χ3n) is 2.25. The van der Waals surface area contributed by atoms with Crippen LogP contribution in [0.3, 0.4) is 0 Å². The fraction of sp³-hybridized carbons (Fsp3) is 0.182. The predicted octanol–water partition coefficient (Wildman–Crippen LogP) is 0.674. The average molecular weight is 219 g/mol. The van der Waals surface area contributed by atoms with E-state index in [1.165, 1.54) is 0 Å². The summed E-state index contributed by atoms with van der Waals surface area (Å²) in [5, 5.41) is 1.14. The van der Waals surface area contributed by atoms with Gasteiger partial charge in [0.1, 0.15) is 6.61 Å². The van der Waals surface area contributed by atoms with Crippen molar-refractivity contribution in [3.05, 3.63) is 36.0 Å². The van der Waals surface area contributed by atoms with E-state index in [1.54, 1.807) is 0 Å². The van der Waals surface area contributed by atoms with E-state index in [2.05, 4.69) is 10.5 Å². The second kappa shape index (κ2) is 4.78. The van der Waals surface area contributed by atoms with Crippen LogP contribution in [0.25, 0.3) is 10.9 Å². The minimum Gasteiger partial charge on any atom is -0.368 e. The SMILES string of the molecule is NC(=O)CONCc1c[nH]c2ccccc12. The molecule has 2 aromatic rings. The second-order valence-electron chi connectivity index (χ2n) is 3.44. The van der Waals surface area contributed by atoms with Gasteiger partial charge in [-0.1, -0.05) is 18.2 Å². The summed E-state index contributed by atoms with van der Waals surface area (Å²) in [6, 6.07) is 7.98. The van der Waals surface area contributed by atoms with Crippen molar-refractivity contribution in [3.63, 3.8) is 0 Å². The highest BCUT2D eigenvalue weighted by atomic mass is 16.6. The molecule has 0 unspecified atom stereocenters. The third kappa shape index (κ3) is 2.39. The molecule has 0 radical (unpaired) electrons. The number of aromatic amines is 1. The quantitative estimate of drug-likeness (QED) is 0.511. The molecule has 0 saturated heterocycles. The summed E-state index contributed by atoms with van der Waals surface area (Å²) in [6.07, 6.45) is 1.91. The normalized spacial score (nSPS) is 10.8. The first-order valence-corrected chi connectivity index (χ1v) is 4.95. The van der Waals surface area contributed by atoms with Gasteiger partial charge < -0.3 is 10.7 Å². The number of carbonyl (C=O) groups excluding carboxylic acids is 1. The molecule has 0 fully saturated rings. The van der Waals surface area contributed by atoms with E-state index in [1.807, 2.05) is 30.5 Å². The minimum absolute atomic E-state index is 0.123. The second-order valence-corrected chi connectivity index (χ2v) is 3.44. The van der Waals surface area contributed by atoms with E-state index >= 15 is 0 Å². The van der Waals surface area contributed by atoms with Gasteiger partial charge in [-0.3, -0.25) is 9.63 Å². The summed E-state index contributed by atoms with van der Waals surface area (Å²) in [4.78, 5) is 18.5. The van der Waals surface area contributed by atoms with Gasteiger partial charge in [-0.05, 0) is 11.6 Å². The van der Waals surface area contributed by atoms with Gasteiger partial charge in [0, 0.05) is 23.6 Å². The standard InChI is InChI=1S/C11H13N3O2/c12-11(15)7-16-14-6-8-5-13-10-4-2-1-3-9(8)10/h1-5,13-14H,6-7H2,(H2,12,15). The molecule has 1 heterocycles. The van der Waals surface area contributed by atoms with Gasteiger partial charge in [0.05, 0.1) is 0 Å². The molecule has 84 valence electrons. The smallest absolute Gasteiger partial charge is 0.245 e. The van der Waals surface area contributed by atoms with Gasteiger partial charge in [0.2, 0.25) is 5.91 Å². The van der Waals surface area contributed by atoms with Crippen molar-refractivity contribution in [2.45, 2.75) is 6.54 Å². The first-order valence-electron chi connectivity index (χ1n) is 4.95. The summed E-state index contributed by atoms with van der Waals surface area (Å²) < 4.78 is 0. The van der Waals surface area contributed by atoms with Crippen molar-refractivity contribution in [2.24, 2.45) is 5.73 Å². The van der Waals surface area contributed by atoms with Crippen molar-refractivity contribution in [1.82, 2.24) is 10.5 Å². The maximum Gasteiger partial charge on any atom is 0.245 e. The average Bonchev–Trinajstić information content (AvgIpc) is 2.68. The number of H-pyrrole nitrogens is 1. The Bertz CT molecular complexity index is 493. The van der Waals surface area contributed by atoms with Crippen molar-refractivity contribution in [3.8, 4) is 0 Å². The van der Waals surface area contributed by atoms with Crippen LogP contribution < -0.4 is 11.2 Å². The Labute approximate surface area is 92.5 Å². The van der Waals surface area contributed by atoms with Crippen LogP contribution in [0.2, 0.25) is 0 Å². The molecule has 1 aromatic carbocycles. The van der Waals surface area contributed by atoms with Gasteiger partial charge in [-0.2, -0.15) is 5.48 Å². The van der Waals surface area contributed by atoms with E-state index in [4.69, 9.17) is 10.6 Å². The zero-order chi connectivity index (χ0) is 11.4. The molecule has 0 atom stereocenters. The van der Waals surface area contributed by atoms with E-state index < -0.39 is 5.91 Å².